The van der Waals surface area contributed by atoms with Gasteiger partial charge in [-0.2, -0.15) is 5.10 Å². The van der Waals surface area contributed by atoms with E-state index in [0.717, 1.165) is 28.5 Å². The molecule has 102 valence electrons. The van der Waals surface area contributed by atoms with Gasteiger partial charge in [0.05, 0.1) is 16.4 Å². The fourth-order valence-electron chi connectivity index (χ4n) is 2.22. The highest BCUT2D eigenvalue weighted by molar-refractivity contribution is 6.32. The summed E-state index contributed by atoms with van der Waals surface area (Å²) in [5.41, 5.74) is 4.06. The molecule has 6 heteroatoms. The van der Waals surface area contributed by atoms with Gasteiger partial charge in [-0.1, -0.05) is 23.7 Å². The summed E-state index contributed by atoms with van der Waals surface area (Å²) < 4.78 is 1.91. The van der Waals surface area contributed by atoms with Crippen LogP contribution in [0.1, 0.15) is 22.8 Å². The van der Waals surface area contributed by atoms with E-state index in [-0.39, 0.29) is 0 Å². The Hall–Kier alpha value is -2.14. The molecule has 20 heavy (non-hydrogen) atoms. The standard InChI is InChI=1S/C14H14ClN5/c1-9-11(10(2)18-17-9)7-14-19-16-8-20(14)13-6-4-3-5-12(13)15/h3-6,8H,7H2,1-2H3,(H,17,18). The summed E-state index contributed by atoms with van der Waals surface area (Å²) in [6.45, 7) is 3.99. The lowest BCUT2D eigenvalue weighted by molar-refractivity contribution is 0.897. The summed E-state index contributed by atoms with van der Waals surface area (Å²) >= 11 is 6.24. The number of para-hydroxylation sites is 1. The summed E-state index contributed by atoms with van der Waals surface area (Å²) in [6.07, 6.45) is 2.35. The highest BCUT2D eigenvalue weighted by Crippen LogP contribution is 2.22. The lowest BCUT2D eigenvalue weighted by atomic mass is 10.1. The zero-order valence-corrected chi connectivity index (χ0v) is 12.0. The topological polar surface area (TPSA) is 59.4 Å². The summed E-state index contributed by atoms with van der Waals surface area (Å²) in [7, 11) is 0. The van der Waals surface area contributed by atoms with Crippen LogP contribution in [-0.2, 0) is 6.42 Å². The fraction of sp³-hybridized carbons (Fsp3) is 0.214. The van der Waals surface area contributed by atoms with Crippen molar-refractivity contribution in [1.29, 1.82) is 0 Å². The van der Waals surface area contributed by atoms with Crippen molar-refractivity contribution < 1.29 is 0 Å². The molecule has 0 saturated carbocycles. The van der Waals surface area contributed by atoms with Crippen molar-refractivity contribution in [2.75, 3.05) is 0 Å². The van der Waals surface area contributed by atoms with Crippen LogP contribution in [0.25, 0.3) is 5.69 Å². The molecule has 0 aliphatic heterocycles. The van der Waals surface area contributed by atoms with Crippen LogP contribution in [0.3, 0.4) is 0 Å². The van der Waals surface area contributed by atoms with Crippen molar-refractivity contribution in [2.24, 2.45) is 0 Å². The number of hydrogen-bond donors (Lipinski definition) is 1. The first kappa shape index (κ1) is 12.9. The number of aromatic nitrogens is 5. The van der Waals surface area contributed by atoms with Crippen LogP contribution in [0.2, 0.25) is 5.02 Å². The molecule has 0 saturated heterocycles. The van der Waals surface area contributed by atoms with E-state index in [9.17, 15) is 0 Å². The highest BCUT2D eigenvalue weighted by atomic mass is 35.5. The number of rotatable bonds is 3. The molecule has 3 rings (SSSR count). The van der Waals surface area contributed by atoms with Crippen LogP contribution in [0.5, 0.6) is 0 Å². The molecule has 0 unspecified atom stereocenters. The van der Waals surface area contributed by atoms with Gasteiger partial charge in [-0.3, -0.25) is 9.67 Å². The number of aromatic amines is 1. The molecule has 2 heterocycles. The van der Waals surface area contributed by atoms with Crippen LogP contribution in [0, 0.1) is 13.8 Å². The second kappa shape index (κ2) is 5.09. The Balaban J connectivity index is 2.02. The van der Waals surface area contributed by atoms with Crippen LogP contribution >= 0.6 is 11.6 Å². The number of benzene rings is 1. The summed E-state index contributed by atoms with van der Waals surface area (Å²) in [4.78, 5) is 0. The van der Waals surface area contributed by atoms with E-state index in [4.69, 9.17) is 11.6 Å². The first-order chi connectivity index (χ1) is 9.66. The number of halogens is 1. The van der Waals surface area contributed by atoms with Gasteiger partial charge in [-0.25, -0.2) is 0 Å². The van der Waals surface area contributed by atoms with Gasteiger partial charge < -0.3 is 0 Å². The second-order valence-electron chi connectivity index (χ2n) is 4.66. The minimum atomic E-state index is 0.666. The molecular formula is C14H14ClN5. The molecule has 0 atom stereocenters. The number of hydrogen-bond acceptors (Lipinski definition) is 3. The Morgan fingerprint density at radius 3 is 2.75 bits per heavy atom. The predicted octanol–water partition coefficient (Wildman–Crippen LogP) is 2.85. The minimum absolute atomic E-state index is 0.666. The lowest BCUT2D eigenvalue weighted by Gasteiger charge is -2.08. The predicted molar refractivity (Wildman–Crippen MR) is 77.2 cm³/mol. The quantitative estimate of drug-likeness (QED) is 0.806. The van der Waals surface area contributed by atoms with E-state index in [1.807, 2.05) is 42.7 Å². The maximum atomic E-state index is 6.24. The van der Waals surface area contributed by atoms with E-state index in [1.54, 1.807) is 6.33 Å². The van der Waals surface area contributed by atoms with Gasteiger partial charge in [-0.05, 0) is 26.0 Å². The van der Waals surface area contributed by atoms with Crippen LogP contribution in [-0.4, -0.2) is 25.0 Å². The first-order valence-electron chi connectivity index (χ1n) is 6.31. The molecule has 0 amide bonds. The monoisotopic (exact) mass is 287 g/mol. The highest BCUT2D eigenvalue weighted by Gasteiger charge is 2.14. The second-order valence-corrected chi connectivity index (χ2v) is 5.07. The van der Waals surface area contributed by atoms with Gasteiger partial charge in [-0.15, -0.1) is 10.2 Å². The average molecular weight is 288 g/mol. The van der Waals surface area contributed by atoms with Crippen molar-refractivity contribution >= 4 is 11.6 Å². The largest absolute Gasteiger partial charge is 0.284 e. The molecule has 3 aromatic rings. The number of aryl methyl sites for hydroxylation is 2. The van der Waals surface area contributed by atoms with E-state index in [1.165, 1.54) is 0 Å². The molecule has 0 bridgehead atoms. The molecule has 1 N–H and O–H groups in total. The number of H-pyrrole nitrogens is 1. The molecule has 0 aliphatic carbocycles. The summed E-state index contributed by atoms with van der Waals surface area (Å²) in [6, 6.07) is 7.65. The van der Waals surface area contributed by atoms with Crippen LogP contribution in [0.4, 0.5) is 0 Å². The lowest BCUT2D eigenvalue weighted by Crippen LogP contribution is -2.03. The molecule has 0 aliphatic rings. The van der Waals surface area contributed by atoms with Gasteiger partial charge in [0, 0.05) is 17.7 Å². The maximum absolute atomic E-state index is 6.24. The molecule has 0 radical (unpaired) electrons. The third-order valence-electron chi connectivity index (χ3n) is 3.35. The smallest absolute Gasteiger partial charge is 0.142 e. The molecule has 0 spiro atoms. The van der Waals surface area contributed by atoms with Gasteiger partial charge in [0.15, 0.2) is 0 Å². The fourth-order valence-corrected chi connectivity index (χ4v) is 2.45. The maximum Gasteiger partial charge on any atom is 0.142 e. The number of nitrogens with one attached hydrogen (secondary N) is 1. The van der Waals surface area contributed by atoms with E-state index in [0.29, 0.717) is 11.4 Å². The minimum Gasteiger partial charge on any atom is -0.284 e. The van der Waals surface area contributed by atoms with Gasteiger partial charge in [0.25, 0.3) is 0 Å². The molecular weight excluding hydrogens is 274 g/mol. The van der Waals surface area contributed by atoms with E-state index in [2.05, 4.69) is 20.4 Å². The molecule has 5 nitrogen and oxygen atoms in total. The Labute approximate surface area is 121 Å². The zero-order chi connectivity index (χ0) is 14.1. The zero-order valence-electron chi connectivity index (χ0n) is 11.3. The molecule has 1 aromatic carbocycles. The Kier molecular flexibility index (Phi) is 3.28. The Bertz CT molecular complexity index is 724. The first-order valence-corrected chi connectivity index (χ1v) is 6.69. The Morgan fingerprint density at radius 1 is 1.25 bits per heavy atom. The van der Waals surface area contributed by atoms with E-state index >= 15 is 0 Å². The van der Waals surface area contributed by atoms with Crippen molar-refractivity contribution in [3.8, 4) is 5.69 Å². The third-order valence-corrected chi connectivity index (χ3v) is 3.67. The van der Waals surface area contributed by atoms with Crippen LogP contribution < -0.4 is 0 Å². The van der Waals surface area contributed by atoms with Crippen molar-refractivity contribution in [1.82, 2.24) is 25.0 Å². The van der Waals surface area contributed by atoms with Crippen molar-refractivity contribution in [2.45, 2.75) is 20.3 Å². The van der Waals surface area contributed by atoms with Gasteiger partial charge in [0.2, 0.25) is 0 Å². The van der Waals surface area contributed by atoms with E-state index < -0.39 is 0 Å². The third kappa shape index (κ3) is 2.20. The van der Waals surface area contributed by atoms with Crippen molar-refractivity contribution in [3.63, 3.8) is 0 Å². The summed E-state index contributed by atoms with van der Waals surface area (Å²) in [5, 5.41) is 16.1. The molecule has 0 fully saturated rings. The van der Waals surface area contributed by atoms with Crippen LogP contribution in [0.15, 0.2) is 30.6 Å². The van der Waals surface area contributed by atoms with Crippen molar-refractivity contribution in [3.05, 3.63) is 58.4 Å². The average Bonchev–Trinajstić information content (AvgIpc) is 3.01. The summed E-state index contributed by atoms with van der Waals surface area (Å²) in [5.74, 6) is 0.839. The van der Waals surface area contributed by atoms with Gasteiger partial charge >= 0.3 is 0 Å². The number of nitrogens with zero attached hydrogens (tertiary/aromatic N) is 4. The Morgan fingerprint density at radius 2 is 2.05 bits per heavy atom. The molecule has 2 aromatic heterocycles. The SMILES string of the molecule is Cc1n[nH]c(C)c1Cc1nncn1-c1ccccc1Cl. The van der Waals surface area contributed by atoms with Gasteiger partial charge in [0.1, 0.15) is 12.2 Å². The normalized spacial score (nSPS) is 10.9.